The summed E-state index contributed by atoms with van der Waals surface area (Å²) >= 11 is 5.98. The molecule has 0 N–H and O–H groups in total. The van der Waals surface area contributed by atoms with E-state index in [1.54, 1.807) is 12.1 Å². The lowest BCUT2D eigenvalue weighted by Gasteiger charge is -2.25. The maximum Gasteiger partial charge on any atom is 0.254 e. The molecule has 102 valence electrons. The Morgan fingerprint density at radius 3 is 2.65 bits per heavy atom. The molecule has 1 aliphatic heterocycles. The van der Waals surface area contributed by atoms with Crippen LogP contribution in [0, 0.1) is 0 Å². The molecule has 1 heterocycles. The Bertz CT molecular complexity index is 611. The predicted molar refractivity (Wildman–Crippen MR) is 80.9 cm³/mol. The molecule has 2 aromatic rings. The van der Waals surface area contributed by atoms with Gasteiger partial charge in [0.1, 0.15) is 0 Å². The van der Waals surface area contributed by atoms with Gasteiger partial charge in [0.25, 0.3) is 5.91 Å². The summed E-state index contributed by atoms with van der Waals surface area (Å²) in [6.45, 7) is 0.810. The van der Waals surface area contributed by atoms with E-state index in [0.29, 0.717) is 10.6 Å². The summed E-state index contributed by atoms with van der Waals surface area (Å²) in [7, 11) is 0. The van der Waals surface area contributed by atoms with Crippen LogP contribution in [-0.2, 0) is 0 Å². The largest absolute Gasteiger partial charge is 0.332 e. The summed E-state index contributed by atoms with van der Waals surface area (Å²) < 4.78 is 0. The molecule has 1 atom stereocenters. The highest BCUT2D eigenvalue weighted by Crippen LogP contribution is 2.33. The Labute approximate surface area is 124 Å². The van der Waals surface area contributed by atoms with Crippen LogP contribution < -0.4 is 0 Å². The Balaban J connectivity index is 1.87. The number of benzene rings is 2. The molecule has 0 bridgehead atoms. The molecule has 1 unspecified atom stereocenters. The molecule has 3 rings (SSSR count). The molecule has 1 fully saturated rings. The van der Waals surface area contributed by atoms with Crippen LogP contribution in [0.2, 0.25) is 5.02 Å². The van der Waals surface area contributed by atoms with Crippen molar-refractivity contribution in [1.82, 2.24) is 4.90 Å². The fourth-order valence-corrected chi connectivity index (χ4v) is 3.01. The number of carbonyl (C=O) groups excluding carboxylic acids is 1. The van der Waals surface area contributed by atoms with Gasteiger partial charge in [-0.15, -0.1) is 0 Å². The minimum atomic E-state index is 0.0684. The second-order valence-corrected chi connectivity index (χ2v) is 5.51. The molecular formula is C17H16ClNO. The number of halogens is 1. The van der Waals surface area contributed by atoms with Gasteiger partial charge in [-0.25, -0.2) is 0 Å². The van der Waals surface area contributed by atoms with Gasteiger partial charge in [0.2, 0.25) is 0 Å². The monoisotopic (exact) mass is 285 g/mol. The van der Waals surface area contributed by atoms with Crippen LogP contribution in [0.3, 0.4) is 0 Å². The Morgan fingerprint density at radius 2 is 1.90 bits per heavy atom. The van der Waals surface area contributed by atoms with Crippen molar-refractivity contribution < 1.29 is 4.79 Å². The summed E-state index contributed by atoms with van der Waals surface area (Å²) in [5, 5.41) is 0.603. The third kappa shape index (κ3) is 2.56. The Hall–Kier alpha value is -1.80. The summed E-state index contributed by atoms with van der Waals surface area (Å²) in [6, 6.07) is 17.6. The molecule has 20 heavy (non-hydrogen) atoms. The molecule has 1 saturated heterocycles. The van der Waals surface area contributed by atoms with Gasteiger partial charge in [0.05, 0.1) is 6.04 Å². The van der Waals surface area contributed by atoms with Crippen LogP contribution >= 0.6 is 11.6 Å². The van der Waals surface area contributed by atoms with Crippen LogP contribution in [0.1, 0.15) is 34.8 Å². The molecule has 0 spiro atoms. The molecule has 0 aliphatic carbocycles. The van der Waals surface area contributed by atoms with E-state index >= 15 is 0 Å². The average molecular weight is 286 g/mol. The second kappa shape index (κ2) is 5.68. The number of hydrogen-bond donors (Lipinski definition) is 0. The van der Waals surface area contributed by atoms with Crippen molar-refractivity contribution in [3.05, 3.63) is 70.7 Å². The van der Waals surface area contributed by atoms with E-state index < -0.39 is 0 Å². The predicted octanol–water partition coefficient (Wildman–Crippen LogP) is 4.32. The first-order valence-corrected chi connectivity index (χ1v) is 7.25. The van der Waals surface area contributed by atoms with Crippen molar-refractivity contribution in [1.29, 1.82) is 0 Å². The first-order chi connectivity index (χ1) is 9.75. The fourth-order valence-electron chi connectivity index (χ4n) is 2.82. The number of likely N-dealkylation sites (tertiary alicyclic amines) is 1. The number of amides is 1. The first kappa shape index (κ1) is 13.2. The topological polar surface area (TPSA) is 20.3 Å². The quantitative estimate of drug-likeness (QED) is 0.805. The number of nitrogens with zero attached hydrogens (tertiary/aromatic N) is 1. The van der Waals surface area contributed by atoms with Crippen LogP contribution in [0.25, 0.3) is 0 Å². The van der Waals surface area contributed by atoms with Gasteiger partial charge in [-0.1, -0.05) is 48.0 Å². The van der Waals surface area contributed by atoms with E-state index in [2.05, 4.69) is 12.1 Å². The Kier molecular flexibility index (Phi) is 3.75. The smallest absolute Gasteiger partial charge is 0.254 e. The molecule has 1 amide bonds. The van der Waals surface area contributed by atoms with Gasteiger partial charge in [-0.3, -0.25) is 4.79 Å². The van der Waals surface area contributed by atoms with Crippen LogP contribution in [0.4, 0.5) is 0 Å². The third-order valence-electron chi connectivity index (χ3n) is 3.77. The lowest BCUT2D eigenvalue weighted by molar-refractivity contribution is 0.0735. The van der Waals surface area contributed by atoms with E-state index in [4.69, 9.17) is 11.6 Å². The van der Waals surface area contributed by atoms with Crippen molar-refractivity contribution in [2.75, 3.05) is 6.54 Å². The second-order valence-electron chi connectivity index (χ2n) is 5.08. The fraction of sp³-hybridized carbons (Fsp3) is 0.235. The Morgan fingerprint density at radius 1 is 1.10 bits per heavy atom. The minimum Gasteiger partial charge on any atom is -0.332 e. The highest BCUT2D eigenvalue weighted by molar-refractivity contribution is 6.30. The first-order valence-electron chi connectivity index (χ1n) is 6.87. The van der Waals surface area contributed by atoms with Gasteiger partial charge in [-0.05, 0) is 36.6 Å². The van der Waals surface area contributed by atoms with Gasteiger partial charge >= 0.3 is 0 Å². The van der Waals surface area contributed by atoms with Gasteiger partial charge in [-0.2, -0.15) is 0 Å². The highest BCUT2D eigenvalue weighted by Gasteiger charge is 2.30. The van der Waals surface area contributed by atoms with E-state index in [0.717, 1.165) is 19.4 Å². The van der Waals surface area contributed by atoms with Gasteiger partial charge < -0.3 is 4.90 Å². The number of carbonyl (C=O) groups is 1. The van der Waals surface area contributed by atoms with Gasteiger partial charge in [0.15, 0.2) is 0 Å². The molecular weight excluding hydrogens is 270 g/mol. The van der Waals surface area contributed by atoms with Crippen molar-refractivity contribution >= 4 is 17.5 Å². The molecule has 2 nitrogen and oxygen atoms in total. The lowest BCUT2D eigenvalue weighted by atomic mass is 10.0. The average Bonchev–Trinajstić information content (AvgIpc) is 2.97. The van der Waals surface area contributed by atoms with E-state index in [1.807, 2.05) is 35.2 Å². The molecule has 1 aliphatic rings. The molecule has 0 saturated carbocycles. The number of hydrogen-bond acceptors (Lipinski definition) is 1. The SMILES string of the molecule is O=C(c1cccc(Cl)c1)N1CCCC1c1ccccc1. The van der Waals surface area contributed by atoms with Crippen molar-refractivity contribution in [2.24, 2.45) is 0 Å². The summed E-state index contributed by atoms with van der Waals surface area (Å²) in [5.74, 6) is 0.0684. The zero-order valence-corrected chi connectivity index (χ0v) is 11.9. The van der Waals surface area contributed by atoms with E-state index in [9.17, 15) is 4.79 Å². The lowest BCUT2D eigenvalue weighted by Crippen LogP contribution is -2.30. The van der Waals surface area contributed by atoms with Crippen LogP contribution in [0.15, 0.2) is 54.6 Å². The highest BCUT2D eigenvalue weighted by atomic mass is 35.5. The van der Waals surface area contributed by atoms with Crippen LogP contribution in [0.5, 0.6) is 0 Å². The van der Waals surface area contributed by atoms with E-state index in [-0.39, 0.29) is 11.9 Å². The van der Waals surface area contributed by atoms with Crippen molar-refractivity contribution in [2.45, 2.75) is 18.9 Å². The van der Waals surface area contributed by atoms with Crippen molar-refractivity contribution in [3.63, 3.8) is 0 Å². The van der Waals surface area contributed by atoms with E-state index in [1.165, 1.54) is 5.56 Å². The summed E-state index contributed by atoms with van der Waals surface area (Å²) in [4.78, 5) is 14.6. The molecule has 3 heteroatoms. The zero-order valence-electron chi connectivity index (χ0n) is 11.1. The van der Waals surface area contributed by atoms with Crippen molar-refractivity contribution in [3.8, 4) is 0 Å². The van der Waals surface area contributed by atoms with Crippen LogP contribution in [-0.4, -0.2) is 17.4 Å². The third-order valence-corrected chi connectivity index (χ3v) is 4.00. The zero-order chi connectivity index (χ0) is 13.9. The normalized spacial score (nSPS) is 18.2. The van der Waals surface area contributed by atoms with Gasteiger partial charge in [0, 0.05) is 17.1 Å². The molecule has 0 radical (unpaired) electrons. The number of rotatable bonds is 2. The molecule has 2 aromatic carbocycles. The molecule has 0 aromatic heterocycles. The maximum absolute atomic E-state index is 12.7. The standard InChI is InChI=1S/C17H16ClNO/c18-15-9-4-8-14(12-15)17(20)19-11-5-10-16(19)13-6-2-1-3-7-13/h1-4,6-9,12,16H,5,10-11H2. The summed E-state index contributed by atoms with van der Waals surface area (Å²) in [6.07, 6.45) is 2.07. The summed E-state index contributed by atoms with van der Waals surface area (Å²) in [5.41, 5.74) is 1.88. The maximum atomic E-state index is 12.7. The minimum absolute atomic E-state index is 0.0684.